The Morgan fingerprint density at radius 2 is 1.17 bits per heavy atom. The Labute approximate surface area is 146 Å². The third-order valence-electron chi connectivity index (χ3n) is 5.55. The van der Waals surface area contributed by atoms with E-state index >= 15 is 0 Å². The summed E-state index contributed by atoms with van der Waals surface area (Å²) in [5, 5.41) is 9.75. The summed E-state index contributed by atoms with van der Waals surface area (Å²) in [4.78, 5) is 2.69. The van der Waals surface area contributed by atoms with E-state index in [2.05, 4.69) is 18.7 Å². The highest BCUT2D eigenvalue weighted by atomic mass is 16.3. The lowest BCUT2D eigenvalue weighted by molar-refractivity contribution is 0.0546. The molecule has 1 unspecified atom stereocenters. The van der Waals surface area contributed by atoms with Crippen LogP contribution in [0.5, 0.6) is 0 Å². The van der Waals surface area contributed by atoms with Gasteiger partial charge in [-0.2, -0.15) is 0 Å². The molecule has 0 radical (unpaired) electrons. The molecule has 1 rings (SSSR count). The fraction of sp³-hybridized carbons (Fsp3) is 1.00. The summed E-state index contributed by atoms with van der Waals surface area (Å²) in [5.41, 5.74) is 0. The van der Waals surface area contributed by atoms with Crippen molar-refractivity contribution in [2.24, 2.45) is 0 Å². The van der Waals surface area contributed by atoms with Gasteiger partial charge in [0.05, 0.1) is 6.10 Å². The van der Waals surface area contributed by atoms with Crippen molar-refractivity contribution in [3.05, 3.63) is 0 Å². The molecule has 0 amide bonds. The van der Waals surface area contributed by atoms with E-state index in [0.717, 1.165) is 32.0 Å². The Bertz CT molecular complexity index is 248. The lowest BCUT2D eigenvalue weighted by atomic mass is 9.96. The maximum Gasteiger partial charge on any atom is 0.0564 e. The SMILES string of the molecule is CCCCCCCCC(CCCCCCC)N1CCC(O)CC1. The van der Waals surface area contributed by atoms with E-state index in [1.807, 2.05) is 0 Å². The van der Waals surface area contributed by atoms with E-state index in [1.54, 1.807) is 0 Å². The fourth-order valence-electron chi connectivity index (χ4n) is 3.90. The monoisotopic (exact) mass is 325 g/mol. The van der Waals surface area contributed by atoms with E-state index in [4.69, 9.17) is 0 Å². The second kappa shape index (κ2) is 14.3. The van der Waals surface area contributed by atoms with Crippen molar-refractivity contribution in [2.75, 3.05) is 13.1 Å². The molecule has 138 valence electrons. The molecule has 0 aliphatic carbocycles. The zero-order valence-corrected chi connectivity index (χ0v) is 16.1. The van der Waals surface area contributed by atoms with Gasteiger partial charge in [-0.25, -0.2) is 0 Å². The quantitative estimate of drug-likeness (QED) is 0.400. The van der Waals surface area contributed by atoms with Crippen LogP contribution < -0.4 is 0 Å². The molecule has 1 N–H and O–H groups in total. The van der Waals surface area contributed by atoms with Gasteiger partial charge in [0.15, 0.2) is 0 Å². The molecule has 0 aromatic rings. The van der Waals surface area contributed by atoms with Gasteiger partial charge in [-0.05, 0) is 25.7 Å². The minimum absolute atomic E-state index is 0.0366. The molecule has 2 heteroatoms. The first-order valence-corrected chi connectivity index (χ1v) is 10.7. The van der Waals surface area contributed by atoms with Gasteiger partial charge in [-0.1, -0.05) is 84.5 Å². The molecule has 23 heavy (non-hydrogen) atoms. The molecule has 2 nitrogen and oxygen atoms in total. The molecule has 0 aromatic heterocycles. The summed E-state index contributed by atoms with van der Waals surface area (Å²) in [6, 6.07) is 0.787. The molecular formula is C21H43NO. The second-order valence-electron chi connectivity index (χ2n) is 7.68. The number of likely N-dealkylation sites (tertiary alicyclic amines) is 1. The van der Waals surface area contributed by atoms with E-state index in [1.165, 1.54) is 83.5 Å². The standard InChI is InChI=1S/C21H43NO/c1-3-5-7-9-11-13-15-20(14-12-10-8-6-4-2)22-18-16-21(23)17-19-22/h20-21,23H,3-19H2,1-2H3. The van der Waals surface area contributed by atoms with Crippen LogP contribution >= 0.6 is 0 Å². The lowest BCUT2D eigenvalue weighted by Gasteiger charge is -2.36. The van der Waals surface area contributed by atoms with Gasteiger partial charge in [0.25, 0.3) is 0 Å². The Hall–Kier alpha value is -0.0800. The Balaban J connectivity index is 2.23. The number of aliphatic hydroxyl groups is 1. The maximum absolute atomic E-state index is 9.75. The highest BCUT2D eigenvalue weighted by Crippen LogP contribution is 2.22. The van der Waals surface area contributed by atoms with Crippen LogP contribution in [-0.2, 0) is 0 Å². The first-order chi connectivity index (χ1) is 11.3. The maximum atomic E-state index is 9.75. The first-order valence-electron chi connectivity index (χ1n) is 10.7. The number of rotatable bonds is 14. The van der Waals surface area contributed by atoms with Crippen LogP contribution in [0.15, 0.2) is 0 Å². The number of hydrogen-bond acceptors (Lipinski definition) is 2. The van der Waals surface area contributed by atoms with E-state index in [0.29, 0.717) is 0 Å². The molecule has 1 saturated heterocycles. The third kappa shape index (κ3) is 10.4. The molecule has 1 heterocycles. The molecule has 0 bridgehead atoms. The Morgan fingerprint density at radius 1 is 0.739 bits per heavy atom. The van der Waals surface area contributed by atoms with Crippen LogP contribution in [0, 0.1) is 0 Å². The van der Waals surface area contributed by atoms with Crippen molar-refractivity contribution in [2.45, 2.75) is 122 Å². The predicted octanol–water partition coefficient (Wildman–Crippen LogP) is 5.92. The fourth-order valence-corrected chi connectivity index (χ4v) is 3.90. The van der Waals surface area contributed by atoms with Crippen LogP contribution in [0.2, 0.25) is 0 Å². The molecule has 1 aliphatic rings. The molecule has 0 spiro atoms. The van der Waals surface area contributed by atoms with Gasteiger partial charge >= 0.3 is 0 Å². The second-order valence-corrected chi connectivity index (χ2v) is 7.68. The largest absolute Gasteiger partial charge is 0.393 e. The van der Waals surface area contributed by atoms with E-state index in [-0.39, 0.29) is 6.10 Å². The van der Waals surface area contributed by atoms with Gasteiger partial charge < -0.3 is 10.0 Å². The smallest absolute Gasteiger partial charge is 0.0564 e. The van der Waals surface area contributed by atoms with Crippen LogP contribution in [0.4, 0.5) is 0 Å². The normalized spacial score (nSPS) is 18.4. The molecule has 0 saturated carbocycles. The summed E-state index contributed by atoms with van der Waals surface area (Å²) in [5.74, 6) is 0. The molecule has 0 aromatic carbocycles. The Kier molecular flexibility index (Phi) is 13.0. The minimum atomic E-state index is -0.0366. The summed E-state index contributed by atoms with van der Waals surface area (Å²) >= 11 is 0. The van der Waals surface area contributed by atoms with Crippen molar-refractivity contribution in [3.8, 4) is 0 Å². The van der Waals surface area contributed by atoms with Crippen molar-refractivity contribution < 1.29 is 5.11 Å². The third-order valence-corrected chi connectivity index (χ3v) is 5.55. The average molecular weight is 326 g/mol. The topological polar surface area (TPSA) is 23.5 Å². The van der Waals surface area contributed by atoms with Gasteiger partial charge in [0.2, 0.25) is 0 Å². The van der Waals surface area contributed by atoms with Crippen LogP contribution in [0.1, 0.15) is 110 Å². The molecule has 1 atom stereocenters. The average Bonchev–Trinajstić information content (AvgIpc) is 2.57. The molecular weight excluding hydrogens is 282 g/mol. The highest BCUT2D eigenvalue weighted by molar-refractivity contribution is 4.78. The van der Waals surface area contributed by atoms with Crippen molar-refractivity contribution >= 4 is 0 Å². The summed E-state index contributed by atoms with van der Waals surface area (Å²) in [7, 11) is 0. The predicted molar refractivity (Wildman–Crippen MR) is 102 cm³/mol. The first kappa shape index (κ1) is 21.0. The van der Waals surface area contributed by atoms with Gasteiger partial charge in [-0.15, -0.1) is 0 Å². The van der Waals surface area contributed by atoms with Crippen molar-refractivity contribution in [1.82, 2.24) is 4.90 Å². The summed E-state index contributed by atoms with van der Waals surface area (Å²) in [6.07, 6.45) is 20.1. The minimum Gasteiger partial charge on any atom is -0.393 e. The van der Waals surface area contributed by atoms with Crippen LogP contribution in [0.25, 0.3) is 0 Å². The Morgan fingerprint density at radius 3 is 1.65 bits per heavy atom. The lowest BCUT2D eigenvalue weighted by Crippen LogP contribution is -2.42. The van der Waals surface area contributed by atoms with Crippen molar-refractivity contribution in [3.63, 3.8) is 0 Å². The van der Waals surface area contributed by atoms with Crippen molar-refractivity contribution in [1.29, 1.82) is 0 Å². The number of aliphatic hydroxyl groups excluding tert-OH is 1. The number of unbranched alkanes of at least 4 members (excludes halogenated alkanes) is 9. The number of piperidine rings is 1. The molecule has 1 fully saturated rings. The van der Waals surface area contributed by atoms with Gasteiger partial charge in [0, 0.05) is 19.1 Å². The van der Waals surface area contributed by atoms with Gasteiger partial charge in [0.1, 0.15) is 0 Å². The van der Waals surface area contributed by atoms with Crippen LogP contribution in [0.3, 0.4) is 0 Å². The zero-order valence-electron chi connectivity index (χ0n) is 16.1. The van der Waals surface area contributed by atoms with Gasteiger partial charge in [-0.3, -0.25) is 0 Å². The summed E-state index contributed by atoms with van der Waals surface area (Å²) < 4.78 is 0. The number of nitrogens with zero attached hydrogens (tertiary/aromatic N) is 1. The van der Waals surface area contributed by atoms with E-state index in [9.17, 15) is 5.11 Å². The molecule has 1 aliphatic heterocycles. The van der Waals surface area contributed by atoms with E-state index < -0.39 is 0 Å². The number of hydrogen-bond donors (Lipinski definition) is 1. The zero-order chi connectivity index (χ0) is 16.8. The van der Waals surface area contributed by atoms with Crippen LogP contribution in [-0.4, -0.2) is 35.2 Å². The highest BCUT2D eigenvalue weighted by Gasteiger charge is 2.23. The summed E-state index contributed by atoms with van der Waals surface area (Å²) in [6.45, 7) is 6.83.